The number of carbonyl (C=O) groups excluding carboxylic acids is 8. The molecule has 11 bridgehead atoms. The fourth-order valence-electron chi connectivity index (χ4n) is 14.2. The number of fused-ring (bicyclic) bond motifs is 15. The molecule has 594 valence electrons. The number of rotatable bonds is 15. The number of nitrogens with one attached hydrogen (secondary N) is 7. The van der Waals surface area contributed by atoms with Gasteiger partial charge >= 0.3 is 0 Å². The Bertz CT molecular complexity index is 4350. The number of phenols is 3. The number of carbonyl (C=O) groups is 8. The number of aliphatic hydroxyl groups excluding tert-OH is 6. The Balaban J connectivity index is 1.18. The van der Waals surface area contributed by atoms with Gasteiger partial charge in [-0.25, -0.2) is 0 Å². The van der Waals surface area contributed by atoms with Crippen molar-refractivity contribution in [1.82, 2.24) is 37.2 Å². The number of hydrogen-bond donors (Lipinski definition) is 20. The molecule has 110 heavy (non-hydrogen) atoms. The van der Waals surface area contributed by atoms with E-state index in [9.17, 15) is 65.1 Å². The predicted molar refractivity (Wildman–Crippen MR) is 382 cm³/mol. The molecule has 5 aromatic rings. The Morgan fingerprint density at radius 2 is 1.26 bits per heavy atom. The summed E-state index contributed by atoms with van der Waals surface area (Å²) in [4.78, 5) is 120. The van der Waals surface area contributed by atoms with Gasteiger partial charge in [-0.1, -0.05) is 49.7 Å². The summed E-state index contributed by atoms with van der Waals surface area (Å²) < 4.78 is 51.8. The molecule has 0 radical (unpaired) electrons. The molecule has 8 aliphatic rings. The standard InChI is InChI=1S/C73H90ClN11O25/c1-27(2)16-39(79-7)65(97)84-54-56(91)32-11-15-43(38(74)18-32)106-45-20-33-19-44(60(45)110-71-61(58(93)57(92)46(26-86)107-71)109-49-25-73(6,78)63(95)29(4)104-49)105-35-12-8-30(9-13-35)59(108-48-24-72(5,77)62(94)28(3)103-48)55-70(102)83-53(64(76)96)37-21-34(87)22-42(89)50(37)36-17-31(10-14-41(36)88)51(67(99)85-55)82-68(100)52(33)81-66(98)40(23-47(75)90)80-69(54)101/h8-15,17-22,27-29,39-40,46,48-49,51-59,61-63,71,79,86-89,91-95H,16,23-26,77-78H2,1-7H3,(H2,75,90)(H2,76,96)(H,80,101)(H,81,98)(H,82,100)(H,83,102)(H,84,97)(H,85,99)/t28-,29-,39?,40?,46+,48-,49-,51?,52?,53?,54?,55?,56?,57+,58-,59?,61+,62-,63-,71-,72-,73-/m1/s1. The van der Waals surface area contributed by atoms with E-state index < -0.39 is 250 Å². The van der Waals surface area contributed by atoms with E-state index in [0.29, 0.717) is 0 Å². The second kappa shape index (κ2) is 32.8. The number of aliphatic hydroxyl groups is 6. The number of primary amides is 2. The predicted octanol–water partition coefficient (Wildman–Crippen LogP) is -0.909. The number of halogens is 1. The fraction of sp³-hybridized carbons (Fsp3) is 0.479. The van der Waals surface area contributed by atoms with Crippen LogP contribution in [-0.2, 0) is 62.0 Å². The minimum atomic E-state index is -2.33. The fourth-order valence-corrected chi connectivity index (χ4v) is 14.5. The maximum absolute atomic E-state index is 16.4. The Kier molecular flexibility index (Phi) is 24.2. The number of likely N-dealkylation sites (N-methyl/N-ethyl adjacent to an activating group) is 1. The van der Waals surface area contributed by atoms with Gasteiger partial charge in [0.2, 0.25) is 59.3 Å². The number of phenolic OH excluding ortho intramolecular Hbond substituents is 3. The molecule has 22 atom stereocenters. The average molecular weight is 1560 g/mol. The molecule has 24 N–H and O–H groups in total. The van der Waals surface area contributed by atoms with Crippen LogP contribution in [0, 0.1) is 5.92 Å². The van der Waals surface area contributed by atoms with E-state index in [2.05, 4.69) is 37.2 Å². The molecule has 8 aliphatic heterocycles. The van der Waals surface area contributed by atoms with Crippen LogP contribution in [0.25, 0.3) is 11.1 Å². The molecule has 37 heteroatoms. The van der Waals surface area contributed by atoms with Crippen LogP contribution < -0.4 is 74.4 Å². The van der Waals surface area contributed by atoms with Crippen LogP contribution in [0.2, 0.25) is 5.02 Å². The lowest BCUT2D eigenvalue weighted by Gasteiger charge is -2.47. The highest BCUT2D eigenvalue weighted by Crippen LogP contribution is 2.50. The van der Waals surface area contributed by atoms with Crippen LogP contribution in [0.15, 0.2) is 84.9 Å². The van der Waals surface area contributed by atoms with Crippen molar-refractivity contribution < 1.29 is 122 Å². The van der Waals surface area contributed by atoms with Gasteiger partial charge in [0.25, 0.3) is 0 Å². The van der Waals surface area contributed by atoms with Gasteiger partial charge in [0, 0.05) is 41.1 Å². The van der Waals surface area contributed by atoms with E-state index in [-0.39, 0.29) is 58.4 Å². The molecular weight excluding hydrogens is 1470 g/mol. The topological polar surface area (TPSA) is 581 Å². The Labute approximate surface area is 633 Å². The maximum Gasteiger partial charge on any atom is 0.248 e. The van der Waals surface area contributed by atoms with Crippen molar-refractivity contribution in [3.8, 4) is 57.1 Å². The first kappa shape index (κ1) is 81.4. The van der Waals surface area contributed by atoms with E-state index in [1.807, 2.05) is 13.8 Å². The number of nitrogens with two attached hydrogens (primary N) is 4. The minimum Gasteiger partial charge on any atom is -0.508 e. The van der Waals surface area contributed by atoms with E-state index in [4.69, 9.17) is 72.4 Å². The largest absolute Gasteiger partial charge is 0.508 e. The van der Waals surface area contributed by atoms with Crippen molar-refractivity contribution in [2.24, 2.45) is 28.9 Å². The molecule has 8 heterocycles. The zero-order chi connectivity index (χ0) is 80.0. The molecule has 5 aromatic carbocycles. The molecule has 9 unspecified atom stereocenters. The van der Waals surface area contributed by atoms with Gasteiger partial charge in [-0.3, -0.25) is 38.4 Å². The molecule has 0 aromatic heterocycles. The van der Waals surface area contributed by atoms with Gasteiger partial charge in [-0.2, -0.15) is 0 Å². The highest BCUT2D eigenvalue weighted by molar-refractivity contribution is 6.32. The third-order valence-corrected chi connectivity index (χ3v) is 20.4. The van der Waals surface area contributed by atoms with Crippen molar-refractivity contribution in [3.05, 3.63) is 118 Å². The summed E-state index contributed by atoms with van der Waals surface area (Å²) in [5.41, 5.74) is 20.0. The molecule has 0 aliphatic carbocycles. The summed E-state index contributed by atoms with van der Waals surface area (Å²) >= 11 is 7.14. The van der Waals surface area contributed by atoms with Crippen molar-refractivity contribution in [3.63, 3.8) is 0 Å². The Hall–Kier alpha value is -9.61. The highest BCUT2D eigenvalue weighted by Gasteiger charge is 2.52. The van der Waals surface area contributed by atoms with Gasteiger partial charge in [-0.05, 0) is 129 Å². The SMILES string of the molecule is CNC(CC(C)C)C(=O)NC1C(=O)NC(CC(N)=O)C(=O)NC2C(=O)NC3C(=O)NC(C(=O)NC(C(N)=O)c4cc(O)cc(O)c4-c4cc3ccc4O)C(O[C@@H]3C[C@@](C)(N)[C@H](O)[C@@H](C)O3)c3ccc(cc3)Oc3cc2cc(c3O[C@H]2O[C@@H](CO)[C@H](O)[C@@H](O)[C@@H]2O[C@@H]2C[C@@](C)(N)[C@H](O)[C@@H](C)O2)Oc2ccc(cc2Cl)C1O. The molecule has 0 spiro atoms. The monoisotopic (exact) mass is 1560 g/mol. The number of amides is 8. The lowest BCUT2D eigenvalue weighted by Crippen LogP contribution is -2.64. The van der Waals surface area contributed by atoms with Crippen LogP contribution in [0.4, 0.5) is 0 Å². The van der Waals surface area contributed by atoms with Crippen molar-refractivity contribution in [1.29, 1.82) is 0 Å². The van der Waals surface area contributed by atoms with Gasteiger partial charge in [0.15, 0.2) is 30.2 Å². The first-order chi connectivity index (χ1) is 51.8. The first-order valence-electron chi connectivity index (χ1n) is 35.3. The summed E-state index contributed by atoms with van der Waals surface area (Å²) in [5, 5.41) is 121. The van der Waals surface area contributed by atoms with Crippen LogP contribution in [0.5, 0.6) is 46.0 Å². The number of benzene rings is 5. The summed E-state index contributed by atoms with van der Waals surface area (Å²) in [6.45, 7) is 8.70. The molecule has 36 nitrogen and oxygen atoms in total. The molecule has 3 saturated heterocycles. The Morgan fingerprint density at radius 3 is 1.86 bits per heavy atom. The summed E-state index contributed by atoms with van der Waals surface area (Å²) in [7, 11) is 1.48. The summed E-state index contributed by atoms with van der Waals surface area (Å²) in [6.07, 6.45) is -22.2. The summed E-state index contributed by atoms with van der Waals surface area (Å²) in [6, 6.07) is 2.20. The molecule has 0 saturated carbocycles. The lowest BCUT2D eigenvalue weighted by molar-refractivity contribution is -0.333. The quantitative estimate of drug-likeness (QED) is 0.0603. The van der Waals surface area contributed by atoms with Gasteiger partial charge in [0.1, 0.15) is 95.5 Å². The zero-order valence-corrected chi connectivity index (χ0v) is 61.2. The molecule has 8 amide bonds. The van der Waals surface area contributed by atoms with Crippen LogP contribution >= 0.6 is 11.6 Å². The first-order valence-corrected chi connectivity index (χ1v) is 35.7. The number of ether oxygens (including phenoxy) is 8. The minimum absolute atomic E-state index is 0.0107. The third-order valence-electron chi connectivity index (χ3n) is 20.1. The zero-order valence-electron chi connectivity index (χ0n) is 60.5. The highest BCUT2D eigenvalue weighted by atomic mass is 35.5. The Morgan fingerprint density at radius 1 is 0.664 bits per heavy atom. The van der Waals surface area contributed by atoms with Gasteiger partial charge in [-0.15, -0.1) is 0 Å². The van der Waals surface area contributed by atoms with Crippen LogP contribution in [0.3, 0.4) is 0 Å². The molecular formula is C73H90ClN11O25. The van der Waals surface area contributed by atoms with E-state index in [1.165, 1.54) is 71.1 Å². The van der Waals surface area contributed by atoms with Crippen molar-refractivity contribution in [2.75, 3.05) is 13.7 Å². The van der Waals surface area contributed by atoms with Crippen molar-refractivity contribution in [2.45, 2.75) is 201 Å². The van der Waals surface area contributed by atoms with Gasteiger partial charge < -0.3 is 144 Å². The number of aromatic hydroxyl groups is 3. The van der Waals surface area contributed by atoms with E-state index in [1.54, 1.807) is 0 Å². The third kappa shape index (κ3) is 17.3. The van der Waals surface area contributed by atoms with Crippen LogP contribution in [-0.4, -0.2) is 210 Å². The second-order valence-corrected chi connectivity index (χ2v) is 29.6. The smallest absolute Gasteiger partial charge is 0.248 e. The average Bonchev–Trinajstić information content (AvgIpc) is 0.765. The lowest BCUT2D eigenvalue weighted by atomic mass is 9.86. The van der Waals surface area contributed by atoms with E-state index >= 15 is 19.2 Å². The molecule has 3 fully saturated rings. The summed E-state index contributed by atoms with van der Waals surface area (Å²) in [5.74, 6) is -14.6. The number of hydrogen-bond acceptors (Lipinski definition) is 28. The molecule has 13 rings (SSSR count). The second-order valence-electron chi connectivity index (χ2n) is 29.2. The van der Waals surface area contributed by atoms with Crippen LogP contribution in [0.1, 0.15) is 125 Å². The van der Waals surface area contributed by atoms with E-state index in [0.717, 1.165) is 48.5 Å². The van der Waals surface area contributed by atoms with Gasteiger partial charge in [0.05, 0.1) is 48.5 Å². The maximum atomic E-state index is 16.4. The normalized spacial score (nSPS) is 32.2. The van der Waals surface area contributed by atoms with Crippen molar-refractivity contribution >= 4 is 58.9 Å².